The molecule has 3 aromatic rings. The highest BCUT2D eigenvalue weighted by atomic mass is 32.2. The number of hydrogen-bond acceptors (Lipinski definition) is 7. The Morgan fingerprint density at radius 1 is 1.17 bits per heavy atom. The number of hydrogen-bond donors (Lipinski definition) is 3. The molecule has 2 aliphatic rings. The van der Waals surface area contributed by atoms with E-state index in [9.17, 15) is 19.1 Å². The first kappa shape index (κ1) is 24.9. The van der Waals surface area contributed by atoms with Gasteiger partial charge in [-0.3, -0.25) is 14.4 Å². The number of fused-ring (bicyclic) bond motifs is 1. The highest BCUT2D eigenvalue weighted by molar-refractivity contribution is 7.99. The number of aromatic nitrogens is 4. The number of phosphoric acid groups is 1. The van der Waals surface area contributed by atoms with E-state index in [1.807, 2.05) is 10.6 Å². The number of thioether (sulfide) groups is 1. The van der Waals surface area contributed by atoms with Crippen LogP contribution in [-0.4, -0.2) is 34.6 Å². The fourth-order valence-corrected chi connectivity index (χ4v) is 6.61. The summed E-state index contributed by atoms with van der Waals surface area (Å²) in [6.07, 6.45) is 9.04. The molecule has 1 saturated heterocycles. The third-order valence-electron chi connectivity index (χ3n) is 6.62. The topological polar surface area (TPSA) is 145 Å². The normalized spacial score (nSPS) is 18.8. The minimum atomic E-state index is -4.74. The SMILES string of the molecule is Nc1nc(=O)n(C2CCCS2)cc1C#CCn1c(C2CCCCC2)nc2c(OP(=O)(O)O)cccc21. The van der Waals surface area contributed by atoms with Gasteiger partial charge in [-0.25, -0.2) is 14.3 Å². The van der Waals surface area contributed by atoms with E-state index in [-0.39, 0.29) is 28.5 Å². The zero-order chi connectivity index (χ0) is 25.3. The molecule has 1 aliphatic heterocycles. The number of benzene rings is 1. The van der Waals surface area contributed by atoms with Gasteiger partial charge in [-0.1, -0.05) is 37.2 Å². The lowest BCUT2D eigenvalue weighted by molar-refractivity contribution is 0.284. The first-order chi connectivity index (χ1) is 17.3. The van der Waals surface area contributed by atoms with Gasteiger partial charge in [-0.05, 0) is 43.6 Å². The predicted molar refractivity (Wildman–Crippen MR) is 139 cm³/mol. The first-order valence-corrected chi connectivity index (χ1v) is 14.6. The molecule has 1 aromatic carbocycles. The summed E-state index contributed by atoms with van der Waals surface area (Å²) in [5, 5.41) is 0.0501. The first-order valence-electron chi connectivity index (χ1n) is 12.0. The van der Waals surface area contributed by atoms with Crippen molar-refractivity contribution in [2.24, 2.45) is 0 Å². The summed E-state index contributed by atoms with van der Waals surface area (Å²) >= 11 is 1.72. The van der Waals surface area contributed by atoms with Crippen molar-refractivity contribution in [1.82, 2.24) is 19.1 Å². The Bertz CT molecular complexity index is 1440. The molecule has 0 radical (unpaired) electrons. The Hall–Kier alpha value is -2.77. The smallest absolute Gasteiger partial charge is 0.402 e. The van der Waals surface area contributed by atoms with Gasteiger partial charge in [0.1, 0.15) is 17.2 Å². The van der Waals surface area contributed by atoms with E-state index in [0.717, 1.165) is 50.1 Å². The standard InChI is InChI=1S/C24H28N5O5PS/c25-22-17(15-29(24(30)27-22)20-12-6-14-36-20)9-5-13-28-18-10-4-11-19(34-35(31,32)33)21(18)26-23(28)16-7-2-1-3-8-16/h4,10-11,15-16,20H,1-3,6-8,12-14H2,(H2,25,27,30)(H2,31,32,33). The summed E-state index contributed by atoms with van der Waals surface area (Å²) in [6.45, 7) is 0.290. The van der Waals surface area contributed by atoms with Crippen molar-refractivity contribution in [3.8, 4) is 17.6 Å². The summed E-state index contributed by atoms with van der Waals surface area (Å²) < 4.78 is 20.0. The molecular weight excluding hydrogens is 501 g/mol. The molecule has 1 atom stereocenters. The van der Waals surface area contributed by atoms with Crippen molar-refractivity contribution >= 4 is 36.4 Å². The monoisotopic (exact) mass is 529 g/mol. The molecule has 0 bridgehead atoms. The fourth-order valence-electron chi connectivity index (χ4n) is 4.96. The van der Waals surface area contributed by atoms with Crippen LogP contribution in [0.4, 0.5) is 5.82 Å². The van der Waals surface area contributed by atoms with Gasteiger partial charge in [-0.15, -0.1) is 11.8 Å². The number of nitrogen functional groups attached to an aromatic ring is 1. The number of rotatable bonds is 5. The van der Waals surface area contributed by atoms with Crippen LogP contribution in [0, 0.1) is 11.8 Å². The molecule has 1 aliphatic carbocycles. The van der Waals surface area contributed by atoms with E-state index in [2.05, 4.69) is 16.8 Å². The van der Waals surface area contributed by atoms with Crippen molar-refractivity contribution in [2.45, 2.75) is 62.8 Å². The zero-order valence-corrected chi connectivity index (χ0v) is 21.4. The second-order valence-corrected chi connectivity index (χ2v) is 11.5. The molecule has 1 saturated carbocycles. The number of nitrogens with two attached hydrogens (primary N) is 1. The highest BCUT2D eigenvalue weighted by Crippen LogP contribution is 2.42. The van der Waals surface area contributed by atoms with Crippen LogP contribution in [0.5, 0.6) is 5.75 Å². The lowest BCUT2D eigenvalue weighted by Gasteiger charge is -2.21. The minimum absolute atomic E-state index is 0.0409. The van der Waals surface area contributed by atoms with Crippen LogP contribution in [0.1, 0.15) is 67.6 Å². The molecule has 36 heavy (non-hydrogen) atoms. The van der Waals surface area contributed by atoms with E-state index in [0.29, 0.717) is 23.1 Å². The number of para-hydroxylation sites is 1. The molecule has 10 nitrogen and oxygen atoms in total. The second kappa shape index (κ2) is 10.3. The van der Waals surface area contributed by atoms with E-state index in [1.54, 1.807) is 28.6 Å². The molecule has 4 N–H and O–H groups in total. The summed E-state index contributed by atoms with van der Waals surface area (Å²) in [6, 6.07) is 5.03. The maximum atomic E-state index is 12.4. The highest BCUT2D eigenvalue weighted by Gasteiger charge is 2.25. The fraction of sp³-hybridized carbons (Fsp3) is 0.458. The minimum Gasteiger partial charge on any atom is -0.402 e. The maximum Gasteiger partial charge on any atom is 0.524 e. The van der Waals surface area contributed by atoms with Gasteiger partial charge >= 0.3 is 13.5 Å². The van der Waals surface area contributed by atoms with Gasteiger partial charge in [0, 0.05) is 12.1 Å². The van der Waals surface area contributed by atoms with Crippen LogP contribution in [0.15, 0.2) is 29.2 Å². The van der Waals surface area contributed by atoms with E-state index in [4.69, 9.17) is 15.2 Å². The van der Waals surface area contributed by atoms with Crippen LogP contribution >= 0.6 is 19.6 Å². The number of nitrogens with zero attached hydrogens (tertiary/aromatic N) is 4. The third-order valence-corrected chi connectivity index (χ3v) is 8.42. The van der Waals surface area contributed by atoms with Crippen LogP contribution in [0.2, 0.25) is 0 Å². The predicted octanol–water partition coefficient (Wildman–Crippen LogP) is 3.77. The average Bonchev–Trinajstić information content (AvgIpc) is 3.49. The van der Waals surface area contributed by atoms with E-state index < -0.39 is 7.82 Å². The Morgan fingerprint density at radius 2 is 1.97 bits per heavy atom. The number of phosphoric ester groups is 1. The summed E-state index contributed by atoms with van der Waals surface area (Å²) in [7, 11) is -4.74. The van der Waals surface area contributed by atoms with Crippen LogP contribution in [0.25, 0.3) is 11.0 Å². The lowest BCUT2D eigenvalue weighted by Crippen LogP contribution is -2.26. The average molecular weight is 530 g/mol. The summed E-state index contributed by atoms with van der Waals surface area (Å²) in [4.78, 5) is 39.8. The Labute approximate surface area is 212 Å². The third kappa shape index (κ3) is 5.32. The van der Waals surface area contributed by atoms with Crippen molar-refractivity contribution in [3.05, 3.63) is 46.3 Å². The summed E-state index contributed by atoms with van der Waals surface area (Å²) in [5.41, 5.74) is 7.24. The Kier molecular flexibility index (Phi) is 7.13. The number of anilines is 1. The molecule has 0 spiro atoms. The Balaban J connectivity index is 1.52. The zero-order valence-electron chi connectivity index (χ0n) is 19.7. The van der Waals surface area contributed by atoms with Gasteiger partial charge in [0.2, 0.25) is 0 Å². The van der Waals surface area contributed by atoms with Crippen LogP contribution < -0.4 is 15.9 Å². The molecular formula is C24H28N5O5PS. The van der Waals surface area contributed by atoms with Gasteiger partial charge in [0.15, 0.2) is 5.75 Å². The molecule has 0 amide bonds. The van der Waals surface area contributed by atoms with Crippen LogP contribution in [0.3, 0.4) is 0 Å². The van der Waals surface area contributed by atoms with Crippen molar-refractivity contribution < 1.29 is 18.9 Å². The van der Waals surface area contributed by atoms with Crippen LogP contribution in [-0.2, 0) is 11.1 Å². The second-order valence-electron chi connectivity index (χ2n) is 9.10. The van der Waals surface area contributed by atoms with Crippen molar-refractivity contribution in [3.63, 3.8) is 0 Å². The molecule has 190 valence electrons. The molecule has 12 heteroatoms. The quantitative estimate of drug-likeness (QED) is 0.332. The largest absolute Gasteiger partial charge is 0.524 e. The summed E-state index contributed by atoms with van der Waals surface area (Å²) in [5.74, 6) is 8.45. The molecule has 3 heterocycles. The molecule has 1 unspecified atom stereocenters. The molecule has 2 aromatic heterocycles. The van der Waals surface area contributed by atoms with E-state index >= 15 is 0 Å². The van der Waals surface area contributed by atoms with Gasteiger partial charge in [0.25, 0.3) is 0 Å². The van der Waals surface area contributed by atoms with Crippen molar-refractivity contribution in [2.75, 3.05) is 11.5 Å². The van der Waals surface area contributed by atoms with E-state index in [1.165, 1.54) is 12.5 Å². The van der Waals surface area contributed by atoms with Gasteiger partial charge < -0.3 is 14.8 Å². The number of imidazole rings is 1. The Morgan fingerprint density at radius 3 is 2.69 bits per heavy atom. The van der Waals surface area contributed by atoms with Crippen molar-refractivity contribution in [1.29, 1.82) is 0 Å². The maximum absolute atomic E-state index is 12.4. The van der Waals surface area contributed by atoms with Gasteiger partial charge in [-0.2, -0.15) is 4.98 Å². The molecule has 2 fully saturated rings. The van der Waals surface area contributed by atoms with Gasteiger partial charge in [0.05, 0.1) is 23.0 Å². The molecule has 5 rings (SSSR count). The lowest BCUT2D eigenvalue weighted by atomic mass is 9.88.